The highest BCUT2D eigenvalue weighted by Crippen LogP contribution is 2.14. The van der Waals surface area contributed by atoms with E-state index in [2.05, 4.69) is 15.0 Å². The third-order valence-corrected chi connectivity index (χ3v) is 4.61. The van der Waals surface area contributed by atoms with E-state index in [1.807, 2.05) is 6.92 Å². The van der Waals surface area contributed by atoms with Crippen LogP contribution in [0, 0.1) is 13.8 Å². The second-order valence-corrected chi connectivity index (χ2v) is 6.86. The highest BCUT2D eigenvalue weighted by atomic mass is 32.2. The van der Waals surface area contributed by atoms with Crippen LogP contribution in [0.25, 0.3) is 0 Å². The summed E-state index contributed by atoms with van der Waals surface area (Å²) in [5.74, 6) is 1.02. The topological polar surface area (TPSA) is 101 Å². The van der Waals surface area contributed by atoms with Crippen molar-refractivity contribution >= 4 is 21.6 Å². The molecule has 0 saturated heterocycles. The summed E-state index contributed by atoms with van der Waals surface area (Å²) < 4.78 is 32.3. The number of aryl methyl sites for hydroxylation is 2. The molecule has 0 aliphatic carbocycles. The summed E-state index contributed by atoms with van der Waals surface area (Å²) in [6, 6.07) is 5.97. The third kappa shape index (κ3) is 4.64. The average Bonchev–Trinajstić information content (AvgIpc) is 2.77. The molecule has 1 aromatic heterocycles. The zero-order valence-electron chi connectivity index (χ0n) is 13.2. The van der Waals surface area contributed by atoms with Crippen molar-refractivity contribution in [2.45, 2.75) is 32.1 Å². The summed E-state index contributed by atoms with van der Waals surface area (Å²) in [6.07, 6.45) is 0.426. The predicted molar refractivity (Wildman–Crippen MR) is 85.6 cm³/mol. The van der Waals surface area contributed by atoms with Gasteiger partial charge in [0.05, 0.1) is 10.6 Å². The van der Waals surface area contributed by atoms with E-state index in [9.17, 15) is 13.2 Å². The third-order valence-electron chi connectivity index (χ3n) is 3.13. The van der Waals surface area contributed by atoms with Gasteiger partial charge in [0.1, 0.15) is 5.76 Å². The number of rotatable bonds is 6. The van der Waals surface area contributed by atoms with Gasteiger partial charge in [-0.2, -0.15) is 0 Å². The van der Waals surface area contributed by atoms with Gasteiger partial charge >= 0.3 is 0 Å². The van der Waals surface area contributed by atoms with Crippen molar-refractivity contribution < 1.29 is 17.6 Å². The van der Waals surface area contributed by atoms with Gasteiger partial charge in [-0.05, 0) is 31.2 Å². The van der Waals surface area contributed by atoms with E-state index >= 15 is 0 Å². The Labute approximate surface area is 135 Å². The second-order valence-electron chi connectivity index (χ2n) is 5.09. The zero-order chi connectivity index (χ0) is 17.0. The molecule has 0 radical (unpaired) electrons. The summed E-state index contributed by atoms with van der Waals surface area (Å²) in [5, 5.41) is 2.58. The number of carbonyl (C=O) groups is 1. The van der Waals surface area contributed by atoms with Gasteiger partial charge in [0, 0.05) is 32.5 Å². The number of oxazole rings is 1. The molecule has 0 atom stereocenters. The van der Waals surface area contributed by atoms with Gasteiger partial charge in [-0.1, -0.05) is 0 Å². The van der Waals surface area contributed by atoms with Crippen molar-refractivity contribution in [1.29, 1.82) is 0 Å². The van der Waals surface area contributed by atoms with Crippen LogP contribution in [0.2, 0.25) is 0 Å². The SMILES string of the molecule is CC(=O)Nc1ccc(S(=O)(=O)NCCc2oc(C)nc2C)cc1. The Morgan fingerprint density at radius 1 is 1.22 bits per heavy atom. The first-order valence-electron chi connectivity index (χ1n) is 7.08. The minimum absolute atomic E-state index is 0.136. The Bertz CT molecular complexity index is 795. The number of carbonyl (C=O) groups excluding carboxylic acids is 1. The molecule has 1 amide bonds. The number of aromatic nitrogens is 1. The minimum atomic E-state index is -3.61. The lowest BCUT2D eigenvalue weighted by Gasteiger charge is -2.07. The van der Waals surface area contributed by atoms with Crippen molar-refractivity contribution in [3.8, 4) is 0 Å². The summed E-state index contributed by atoms with van der Waals surface area (Å²) >= 11 is 0. The smallest absolute Gasteiger partial charge is 0.240 e. The summed E-state index contributed by atoms with van der Waals surface area (Å²) in [4.78, 5) is 15.2. The van der Waals surface area contributed by atoms with Crippen molar-refractivity contribution in [2.24, 2.45) is 0 Å². The Balaban J connectivity index is 1.98. The molecular weight excluding hydrogens is 318 g/mol. The normalized spacial score (nSPS) is 11.4. The Morgan fingerprint density at radius 2 is 1.87 bits per heavy atom. The van der Waals surface area contributed by atoms with Crippen LogP contribution in [0.3, 0.4) is 0 Å². The second kappa shape index (κ2) is 6.93. The largest absolute Gasteiger partial charge is 0.446 e. The van der Waals surface area contributed by atoms with E-state index in [1.165, 1.54) is 19.1 Å². The first kappa shape index (κ1) is 17.2. The van der Waals surface area contributed by atoms with E-state index in [0.717, 1.165) is 5.69 Å². The average molecular weight is 337 g/mol. The molecule has 2 aromatic rings. The summed E-state index contributed by atoms with van der Waals surface area (Å²) in [7, 11) is -3.61. The molecule has 124 valence electrons. The van der Waals surface area contributed by atoms with Gasteiger partial charge in [0.15, 0.2) is 5.89 Å². The van der Waals surface area contributed by atoms with Crippen molar-refractivity contribution in [3.63, 3.8) is 0 Å². The fourth-order valence-corrected chi connectivity index (χ4v) is 3.14. The molecular formula is C15H19N3O4S. The highest BCUT2D eigenvalue weighted by molar-refractivity contribution is 7.89. The van der Waals surface area contributed by atoms with Crippen LogP contribution in [-0.2, 0) is 21.2 Å². The highest BCUT2D eigenvalue weighted by Gasteiger charge is 2.14. The van der Waals surface area contributed by atoms with Crippen LogP contribution in [0.15, 0.2) is 33.6 Å². The van der Waals surface area contributed by atoms with Crippen LogP contribution in [0.1, 0.15) is 24.3 Å². The Hall–Kier alpha value is -2.19. The molecule has 8 heteroatoms. The van der Waals surface area contributed by atoms with Gasteiger partial charge in [-0.15, -0.1) is 0 Å². The van der Waals surface area contributed by atoms with E-state index < -0.39 is 10.0 Å². The maximum absolute atomic E-state index is 12.2. The fraction of sp³-hybridized carbons (Fsp3) is 0.333. The Kier molecular flexibility index (Phi) is 5.17. The van der Waals surface area contributed by atoms with E-state index in [4.69, 9.17) is 4.42 Å². The van der Waals surface area contributed by atoms with Crippen LogP contribution in [0.4, 0.5) is 5.69 Å². The monoisotopic (exact) mass is 337 g/mol. The van der Waals surface area contributed by atoms with Crippen molar-refractivity contribution in [3.05, 3.63) is 41.6 Å². The molecule has 0 fully saturated rings. The number of nitrogens with one attached hydrogen (secondary N) is 2. The van der Waals surface area contributed by atoms with Crippen molar-refractivity contribution in [1.82, 2.24) is 9.71 Å². The molecule has 1 aromatic carbocycles. The number of nitrogens with zero attached hydrogens (tertiary/aromatic N) is 1. The molecule has 0 aliphatic heterocycles. The number of hydrogen-bond acceptors (Lipinski definition) is 5. The van der Waals surface area contributed by atoms with Crippen LogP contribution >= 0.6 is 0 Å². The molecule has 0 saturated carbocycles. The van der Waals surface area contributed by atoms with Gasteiger partial charge < -0.3 is 9.73 Å². The summed E-state index contributed by atoms with van der Waals surface area (Å²) in [6.45, 7) is 5.17. The maximum atomic E-state index is 12.2. The standard InChI is InChI=1S/C15H19N3O4S/c1-10-15(22-12(3)17-10)8-9-16-23(20,21)14-6-4-13(5-7-14)18-11(2)19/h4-7,16H,8-9H2,1-3H3,(H,18,19). The number of sulfonamides is 1. The first-order chi connectivity index (χ1) is 10.8. The van der Waals surface area contributed by atoms with E-state index in [0.29, 0.717) is 23.8 Å². The lowest BCUT2D eigenvalue weighted by atomic mass is 10.3. The molecule has 2 N–H and O–H groups in total. The molecule has 0 aliphatic rings. The van der Waals surface area contributed by atoms with Crippen molar-refractivity contribution in [2.75, 3.05) is 11.9 Å². The molecule has 0 spiro atoms. The molecule has 1 heterocycles. The molecule has 2 rings (SSSR count). The van der Waals surface area contributed by atoms with Gasteiger partial charge in [0.2, 0.25) is 15.9 Å². The number of anilines is 1. The van der Waals surface area contributed by atoms with E-state index in [-0.39, 0.29) is 17.3 Å². The number of benzene rings is 1. The molecule has 23 heavy (non-hydrogen) atoms. The van der Waals surface area contributed by atoms with Gasteiger partial charge in [0.25, 0.3) is 0 Å². The lowest BCUT2D eigenvalue weighted by Crippen LogP contribution is -2.26. The Morgan fingerprint density at radius 3 is 2.39 bits per heavy atom. The fourth-order valence-electron chi connectivity index (χ4n) is 2.11. The van der Waals surface area contributed by atoms with Gasteiger partial charge in [-0.25, -0.2) is 18.1 Å². The van der Waals surface area contributed by atoms with Crippen LogP contribution in [-0.4, -0.2) is 25.9 Å². The number of amides is 1. The quantitative estimate of drug-likeness (QED) is 0.836. The van der Waals surface area contributed by atoms with Crippen LogP contribution in [0.5, 0.6) is 0 Å². The molecule has 0 unspecified atom stereocenters. The zero-order valence-corrected chi connectivity index (χ0v) is 14.0. The first-order valence-corrected chi connectivity index (χ1v) is 8.56. The van der Waals surface area contributed by atoms with Gasteiger partial charge in [-0.3, -0.25) is 4.79 Å². The number of hydrogen-bond donors (Lipinski definition) is 2. The lowest BCUT2D eigenvalue weighted by molar-refractivity contribution is -0.114. The minimum Gasteiger partial charge on any atom is -0.446 e. The van der Waals surface area contributed by atoms with E-state index in [1.54, 1.807) is 19.1 Å². The molecule has 0 bridgehead atoms. The predicted octanol–water partition coefficient (Wildman–Crippen LogP) is 1.77. The molecule has 7 nitrogen and oxygen atoms in total. The maximum Gasteiger partial charge on any atom is 0.240 e. The summed E-state index contributed by atoms with van der Waals surface area (Å²) in [5.41, 5.74) is 1.31. The van der Waals surface area contributed by atoms with Crippen LogP contribution < -0.4 is 10.0 Å².